The lowest BCUT2D eigenvalue weighted by atomic mass is 10.4. The third-order valence-corrected chi connectivity index (χ3v) is 5.27. The molecule has 2 N–H and O–H groups in total. The van der Waals surface area contributed by atoms with Gasteiger partial charge in [0.2, 0.25) is 20.0 Å². The summed E-state index contributed by atoms with van der Waals surface area (Å²) in [6, 6.07) is 4.59. The van der Waals surface area contributed by atoms with Crippen LogP contribution in [0.25, 0.3) is 0 Å². The fraction of sp³-hybridized carbons (Fsp3) is 0.364. The second-order valence-electron chi connectivity index (χ2n) is 3.81. The second-order valence-corrected chi connectivity index (χ2v) is 7.46. The summed E-state index contributed by atoms with van der Waals surface area (Å²) in [6.45, 7) is 1.26. The van der Waals surface area contributed by atoms with E-state index < -0.39 is 32.6 Å². The van der Waals surface area contributed by atoms with E-state index in [-0.39, 0.29) is 16.4 Å². The van der Waals surface area contributed by atoms with Crippen molar-refractivity contribution in [3.8, 4) is 0 Å². The van der Waals surface area contributed by atoms with E-state index in [9.17, 15) is 21.6 Å². The number of hydrogen-bond acceptors (Lipinski definition) is 6. The monoisotopic (exact) mass is 336 g/mol. The molecule has 0 spiro atoms. The van der Waals surface area contributed by atoms with Crippen LogP contribution in [0.15, 0.2) is 34.1 Å². The minimum Gasteiger partial charge on any atom is -0.465 e. The highest BCUT2D eigenvalue weighted by atomic mass is 32.2. The van der Waals surface area contributed by atoms with Crippen LogP contribution in [0, 0.1) is 0 Å². The molecule has 0 aliphatic carbocycles. The Bertz CT molecular complexity index is 695. The van der Waals surface area contributed by atoms with Crippen molar-refractivity contribution in [2.24, 2.45) is 0 Å². The van der Waals surface area contributed by atoms with Gasteiger partial charge in [0.25, 0.3) is 0 Å². The van der Waals surface area contributed by atoms with Gasteiger partial charge in [0, 0.05) is 0 Å². The molecular formula is C11H16N2O6S2. The van der Waals surface area contributed by atoms with Crippen molar-refractivity contribution in [2.75, 3.05) is 20.2 Å². The largest absolute Gasteiger partial charge is 0.465 e. The van der Waals surface area contributed by atoms with Crippen molar-refractivity contribution in [2.45, 2.75) is 16.7 Å². The Morgan fingerprint density at radius 3 is 1.95 bits per heavy atom. The van der Waals surface area contributed by atoms with Gasteiger partial charge in [0.15, 0.2) is 0 Å². The van der Waals surface area contributed by atoms with Gasteiger partial charge in [0.1, 0.15) is 6.54 Å². The number of esters is 1. The van der Waals surface area contributed by atoms with Crippen molar-refractivity contribution in [1.82, 2.24) is 9.44 Å². The molecule has 1 rings (SSSR count). The summed E-state index contributed by atoms with van der Waals surface area (Å²) in [7, 11) is -6.29. The molecule has 0 fully saturated rings. The summed E-state index contributed by atoms with van der Waals surface area (Å²) < 4.78 is 55.6. The number of carbonyl (C=O) groups excluding carboxylic acids is 1. The summed E-state index contributed by atoms with van der Waals surface area (Å²) in [5.74, 6) is -0.699. The van der Waals surface area contributed by atoms with E-state index in [2.05, 4.69) is 14.2 Å². The predicted molar refractivity (Wildman–Crippen MR) is 74.5 cm³/mol. The Balaban J connectivity index is 2.88. The van der Waals surface area contributed by atoms with Crippen LogP contribution in [0.3, 0.4) is 0 Å². The molecule has 0 aromatic heterocycles. The molecular weight excluding hydrogens is 320 g/mol. The van der Waals surface area contributed by atoms with Crippen LogP contribution in [0.5, 0.6) is 0 Å². The minimum atomic E-state index is -3.91. The molecule has 0 bridgehead atoms. The Morgan fingerprint density at radius 1 is 1.05 bits per heavy atom. The van der Waals surface area contributed by atoms with Crippen LogP contribution in [-0.2, 0) is 29.6 Å². The molecule has 0 aliphatic rings. The van der Waals surface area contributed by atoms with Gasteiger partial charge in [-0.2, -0.15) is 4.72 Å². The third kappa shape index (κ3) is 4.77. The molecule has 0 heterocycles. The number of benzene rings is 1. The molecule has 0 saturated heterocycles. The molecule has 0 radical (unpaired) electrons. The van der Waals surface area contributed by atoms with Crippen LogP contribution in [-0.4, -0.2) is 43.0 Å². The molecule has 1 aromatic carbocycles. The number of sulfonamides is 2. The van der Waals surface area contributed by atoms with Gasteiger partial charge in [-0.05, 0) is 38.2 Å². The molecule has 118 valence electrons. The number of carbonyl (C=O) groups is 1. The molecule has 21 heavy (non-hydrogen) atoms. The first-order chi connectivity index (χ1) is 9.73. The van der Waals surface area contributed by atoms with Gasteiger partial charge in [-0.15, -0.1) is 0 Å². The zero-order valence-electron chi connectivity index (χ0n) is 11.5. The van der Waals surface area contributed by atoms with Gasteiger partial charge in [0.05, 0.1) is 16.4 Å². The normalized spacial score (nSPS) is 12.1. The van der Waals surface area contributed by atoms with E-state index in [1.807, 2.05) is 0 Å². The fourth-order valence-corrected chi connectivity index (χ4v) is 3.06. The predicted octanol–water partition coefficient (Wildman–Crippen LogP) is -0.564. The topological polar surface area (TPSA) is 119 Å². The maximum atomic E-state index is 11.9. The highest BCUT2D eigenvalue weighted by molar-refractivity contribution is 7.90. The maximum absolute atomic E-state index is 11.9. The van der Waals surface area contributed by atoms with Crippen molar-refractivity contribution in [3.63, 3.8) is 0 Å². The lowest BCUT2D eigenvalue weighted by Crippen LogP contribution is -2.30. The summed E-state index contributed by atoms with van der Waals surface area (Å²) in [5.41, 5.74) is 0. The van der Waals surface area contributed by atoms with E-state index in [1.165, 1.54) is 7.05 Å². The number of nitrogens with one attached hydrogen (secondary N) is 2. The second kappa shape index (κ2) is 6.98. The van der Waals surface area contributed by atoms with E-state index in [1.54, 1.807) is 6.92 Å². The number of hydrogen-bond donors (Lipinski definition) is 2. The first-order valence-electron chi connectivity index (χ1n) is 5.92. The molecule has 0 aliphatic heterocycles. The van der Waals surface area contributed by atoms with Crippen molar-refractivity contribution in [3.05, 3.63) is 24.3 Å². The number of rotatable bonds is 7. The van der Waals surface area contributed by atoms with Gasteiger partial charge < -0.3 is 4.74 Å². The molecule has 0 saturated carbocycles. The van der Waals surface area contributed by atoms with Crippen LogP contribution in [0.1, 0.15) is 6.92 Å². The number of ether oxygens (including phenoxy) is 1. The third-order valence-electron chi connectivity index (χ3n) is 2.42. The Hall–Kier alpha value is -1.49. The quantitative estimate of drug-likeness (QED) is 0.644. The SMILES string of the molecule is CCOC(=O)CNS(=O)(=O)c1ccc(S(=O)(=O)NC)cc1. The van der Waals surface area contributed by atoms with Crippen LogP contribution in [0.2, 0.25) is 0 Å². The molecule has 10 heteroatoms. The summed E-state index contributed by atoms with van der Waals surface area (Å²) in [5, 5.41) is 0. The summed E-state index contributed by atoms with van der Waals surface area (Å²) in [4.78, 5) is 10.9. The average Bonchev–Trinajstić information content (AvgIpc) is 2.46. The maximum Gasteiger partial charge on any atom is 0.321 e. The molecule has 1 aromatic rings. The van der Waals surface area contributed by atoms with E-state index in [0.29, 0.717) is 0 Å². The smallest absolute Gasteiger partial charge is 0.321 e. The van der Waals surface area contributed by atoms with E-state index >= 15 is 0 Å². The minimum absolute atomic E-state index is 0.0608. The van der Waals surface area contributed by atoms with Crippen molar-refractivity contribution >= 4 is 26.0 Å². The molecule has 8 nitrogen and oxygen atoms in total. The fourth-order valence-electron chi connectivity index (χ4n) is 1.37. The summed E-state index contributed by atoms with van der Waals surface area (Å²) in [6.07, 6.45) is 0. The molecule has 0 amide bonds. The lowest BCUT2D eigenvalue weighted by Gasteiger charge is -2.07. The lowest BCUT2D eigenvalue weighted by molar-refractivity contribution is -0.141. The zero-order chi connectivity index (χ0) is 16.1. The average molecular weight is 336 g/mol. The van der Waals surface area contributed by atoms with Gasteiger partial charge >= 0.3 is 5.97 Å². The Morgan fingerprint density at radius 2 is 1.52 bits per heavy atom. The summed E-state index contributed by atoms with van der Waals surface area (Å²) >= 11 is 0. The van der Waals surface area contributed by atoms with Crippen LogP contribution in [0.4, 0.5) is 0 Å². The zero-order valence-corrected chi connectivity index (χ0v) is 13.1. The first-order valence-corrected chi connectivity index (χ1v) is 8.88. The van der Waals surface area contributed by atoms with Gasteiger partial charge in [-0.25, -0.2) is 21.6 Å². The van der Waals surface area contributed by atoms with Crippen molar-refractivity contribution in [1.29, 1.82) is 0 Å². The van der Waals surface area contributed by atoms with Crippen molar-refractivity contribution < 1.29 is 26.4 Å². The molecule has 0 unspecified atom stereocenters. The highest BCUT2D eigenvalue weighted by Gasteiger charge is 2.18. The van der Waals surface area contributed by atoms with Crippen LogP contribution < -0.4 is 9.44 Å². The van der Waals surface area contributed by atoms with Gasteiger partial charge in [-0.3, -0.25) is 4.79 Å². The van der Waals surface area contributed by atoms with Crippen LogP contribution >= 0.6 is 0 Å². The Labute approximate surface area is 123 Å². The van der Waals surface area contributed by atoms with Gasteiger partial charge in [-0.1, -0.05) is 0 Å². The first kappa shape index (κ1) is 17.6. The standard InChI is InChI=1S/C11H16N2O6S2/c1-3-19-11(14)8-13-21(17,18)10-6-4-9(5-7-10)20(15,16)12-2/h4-7,12-13H,3,8H2,1-2H3. The molecule has 0 atom stereocenters. The highest BCUT2D eigenvalue weighted by Crippen LogP contribution is 2.13. The van der Waals surface area contributed by atoms with E-state index in [0.717, 1.165) is 24.3 Å². The van der Waals surface area contributed by atoms with E-state index in [4.69, 9.17) is 0 Å². The Kier molecular flexibility index (Phi) is 5.84.